The molecule has 1 aromatic carbocycles. The molecule has 3 rings (SSSR count). The van der Waals surface area contributed by atoms with Crippen LogP contribution in [0.1, 0.15) is 18.4 Å². The van der Waals surface area contributed by atoms with Crippen molar-refractivity contribution in [3.05, 3.63) is 39.3 Å². The van der Waals surface area contributed by atoms with Gasteiger partial charge in [-0.3, -0.25) is 0 Å². The summed E-state index contributed by atoms with van der Waals surface area (Å²) in [6, 6.07) is 9.36. The van der Waals surface area contributed by atoms with Crippen molar-refractivity contribution in [3.8, 4) is 0 Å². The van der Waals surface area contributed by atoms with E-state index >= 15 is 0 Å². The molecule has 0 saturated carbocycles. The van der Waals surface area contributed by atoms with Gasteiger partial charge < -0.3 is 4.90 Å². The van der Waals surface area contributed by atoms with Crippen molar-refractivity contribution in [2.24, 2.45) is 0 Å². The van der Waals surface area contributed by atoms with Crippen LogP contribution in [0.2, 0.25) is 0 Å². The van der Waals surface area contributed by atoms with Gasteiger partial charge in [-0.15, -0.1) is 11.8 Å². The van der Waals surface area contributed by atoms with Crippen LogP contribution in [0.4, 0.5) is 0 Å². The highest BCUT2D eigenvalue weighted by Gasteiger charge is 2.32. The van der Waals surface area contributed by atoms with Crippen LogP contribution in [-0.2, 0) is 0 Å². The van der Waals surface area contributed by atoms with Gasteiger partial charge in [0.1, 0.15) is 0 Å². The Kier molecular flexibility index (Phi) is 2.99. The highest BCUT2D eigenvalue weighted by atomic mass is 79.9. The molecule has 0 N–H and O–H groups in total. The topological polar surface area (TPSA) is 3.24 Å². The molecule has 1 aromatic rings. The first kappa shape index (κ1) is 10.7. The average Bonchev–Trinajstić information content (AvgIpc) is 2.86. The van der Waals surface area contributed by atoms with Gasteiger partial charge in [-0.2, -0.15) is 0 Å². The fourth-order valence-corrected chi connectivity index (χ4v) is 3.99. The third-order valence-corrected chi connectivity index (χ3v) is 4.97. The number of hydrogen-bond acceptors (Lipinski definition) is 2. The van der Waals surface area contributed by atoms with E-state index in [1.807, 2.05) is 11.8 Å². The van der Waals surface area contributed by atoms with Gasteiger partial charge in [0.25, 0.3) is 0 Å². The highest BCUT2D eigenvalue weighted by molar-refractivity contribution is 9.10. The van der Waals surface area contributed by atoms with Gasteiger partial charge in [-0.25, -0.2) is 0 Å². The number of rotatable bonds is 1. The molecule has 1 atom stereocenters. The second-order valence-corrected chi connectivity index (χ2v) is 6.29. The first-order valence-electron chi connectivity index (χ1n) is 5.70. The zero-order valence-corrected chi connectivity index (χ0v) is 11.4. The predicted octanol–water partition coefficient (Wildman–Crippen LogP) is 3.96. The molecular weight excluding hydrogens is 282 g/mol. The summed E-state index contributed by atoms with van der Waals surface area (Å²) < 4.78 is 1.15. The van der Waals surface area contributed by atoms with Gasteiger partial charge in [-0.1, -0.05) is 28.1 Å². The van der Waals surface area contributed by atoms with Crippen molar-refractivity contribution in [2.75, 3.05) is 12.3 Å². The van der Waals surface area contributed by atoms with Crippen LogP contribution in [0.5, 0.6) is 0 Å². The standard InChI is InChI=1S/C13H14BrNS/c14-11-5-3-10(4-6-11)8-13-15-7-1-2-12(15)9-16-13/h3-6,8,12H,1-2,7,9H2/b13-8+/t12-/m0/s1. The molecule has 84 valence electrons. The largest absolute Gasteiger partial charge is 0.363 e. The maximum absolute atomic E-state index is 3.47. The summed E-state index contributed by atoms with van der Waals surface area (Å²) in [4.78, 5) is 2.58. The van der Waals surface area contributed by atoms with Crippen molar-refractivity contribution in [1.29, 1.82) is 0 Å². The fraction of sp³-hybridized carbons (Fsp3) is 0.385. The van der Waals surface area contributed by atoms with Crippen LogP contribution >= 0.6 is 27.7 Å². The van der Waals surface area contributed by atoms with Crippen LogP contribution in [0, 0.1) is 0 Å². The summed E-state index contributed by atoms with van der Waals surface area (Å²) in [5.41, 5.74) is 1.30. The fourth-order valence-electron chi connectivity index (χ4n) is 2.39. The Labute approximate surface area is 109 Å². The maximum Gasteiger partial charge on any atom is 0.0716 e. The van der Waals surface area contributed by atoms with Crippen LogP contribution in [-0.4, -0.2) is 23.2 Å². The molecule has 0 amide bonds. The number of fused-ring (bicyclic) bond motifs is 1. The molecule has 2 fully saturated rings. The third-order valence-electron chi connectivity index (χ3n) is 3.24. The van der Waals surface area contributed by atoms with E-state index in [0.717, 1.165) is 10.5 Å². The molecule has 0 radical (unpaired) electrons. The van der Waals surface area contributed by atoms with Gasteiger partial charge in [0, 0.05) is 22.8 Å². The normalized spacial score (nSPS) is 26.4. The first-order chi connectivity index (χ1) is 7.83. The highest BCUT2D eigenvalue weighted by Crippen LogP contribution is 2.39. The monoisotopic (exact) mass is 295 g/mol. The van der Waals surface area contributed by atoms with Gasteiger partial charge >= 0.3 is 0 Å². The molecule has 0 unspecified atom stereocenters. The zero-order valence-electron chi connectivity index (χ0n) is 9.03. The minimum atomic E-state index is 0.812. The van der Waals surface area contributed by atoms with E-state index in [1.165, 1.54) is 35.7 Å². The lowest BCUT2D eigenvalue weighted by atomic mass is 10.2. The van der Waals surface area contributed by atoms with Crippen LogP contribution in [0.3, 0.4) is 0 Å². The number of benzene rings is 1. The van der Waals surface area contributed by atoms with E-state index in [2.05, 4.69) is 51.2 Å². The predicted molar refractivity (Wildman–Crippen MR) is 74.3 cm³/mol. The SMILES string of the molecule is Brc1ccc(/C=C2/SC[C@@H]3CCCN23)cc1. The molecule has 2 aliphatic heterocycles. The number of hydrogen-bond donors (Lipinski definition) is 0. The van der Waals surface area contributed by atoms with E-state index in [4.69, 9.17) is 0 Å². The third kappa shape index (κ3) is 2.03. The van der Waals surface area contributed by atoms with Crippen molar-refractivity contribution in [1.82, 2.24) is 4.90 Å². The molecule has 0 spiro atoms. The molecule has 3 heteroatoms. The molecule has 0 aliphatic carbocycles. The van der Waals surface area contributed by atoms with Crippen molar-refractivity contribution in [3.63, 3.8) is 0 Å². The van der Waals surface area contributed by atoms with E-state index in [0.29, 0.717) is 0 Å². The second-order valence-electron chi connectivity index (χ2n) is 4.33. The lowest BCUT2D eigenvalue weighted by Crippen LogP contribution is -2.22. The molecular formula is C13H14BrNS. The van der Waals surface area contributed by atoms with Gasteiger partial charge in [0.2, 0.25) is 0 Å². The summed E-state index contributed by atoms with van der Waals surface area (Å²) in [5, 5.41) is 1.46. The summed E-state index contributed by atoms with van der Waals surface area (Å²) >= 11 is 5.48. The number of halogens is 1. The van der Waals surface area contributed by atoms with Gasteiger partial charge in [-0.05, 0) is 36.6 Å². The van der Waals surface area contributed by atoms with Crippen molar-refractivity contribution < 1.29 is 0 Å². The Morgan fingerprint density at radius 2 is 2.12 bits per heavy atom. The van der Waals surface area contributed by atoms with E-state index in [9.17, 15) is 0 Å². The molecule has 16 heavy (non-hydrogen) atoms. The van der Waals surface area contributed by atoms with Gasteiger partial charge in [0.15, 0.2) is 0 Å². The molecule has 2 heterocycles. The summed E-state index contributed by atoms with van der Waals surface area (Å²) in [6.45, 7) is 1.25. The van der Waals surface area contributed by atoms with Gasteiger partial charge in [0.05, 0.1) is 5.03 Å². The minimum Gasteiger partial charge on any atom is -0.363 e. The Morgan fingerprint density at radius 3 is 2.94 bits per heavy atom. The zero-order chi connectivity index (χ0) is 11.0. The maximum atomic E-state index is 3.47. The summed E-state index contributed by atoms with van der Waals surface area (Å²) in [6.07, 6.45) is 5.07. The van der Waals surface area contributed by atoms with E-state index < -0.39 is 0 Å². The summed E-state index contributed by atoms with van der Waals surface area (Å²) in [7, 11) is 0. The Bertz CT molecular complexity index is 412. The van der Waals surface area contributed by atoms with Crippen molar-refractivity contribution in [2.45, 2.75) is 18.9 Å². The smallest absolute Gasteiger partial charge is 0.0716 e. The Balaban J connectivity index is 1.84. The number of nitrogens with zero attached hydrogens (tertiary/aromatic N) is 1. The van der Waals surface area contributed by atoms with E-state index in [1.54, 1.807) is 0 Å². The summed E-state index contributed by atoms with van der Waals surface area (Å²) in [5.74, 6) is 1.28. The van der Waals surface area contributed by atoms with Crippen LogP contribution < -0.4 is 0 Å². The lowest BCUT2D eigenvalue weighted by Gasteiger charge is -2.17. The van der Waals surface area contributed by atoms with Crippen LogP contribution in [0.15, 0.2) is 33.8 Å². The van der Waals surface area contributed by atoms with E-state index in [-0.39, 0.29) is 0 Å². The molecule has 0 aromatic heterocycles. The number of thioether (sulfide) groups is 1. The Morgan fingerprint density at radius 1 is 1.31 bits per heavy atom. The minimum absolute atomic E-state index is 0.812. The quantitative estimate of drug-likeness (QED) is 0.771. The molecule has 0 bridgehead atoms. The molecule has 2 aliphatic rings. The first-order valence-corrected chi connectivity index (χ1v) is 7.47. The second kappa shape index (κ2) is 4.46. The average molecular weight is 296 g/mol. The Hall–Kier alpha value is -0.410. The molecule has 2 saturated heterocycles. The lowest BCUT2D eigenvalue weighted by molar-refractivity contribution is 0.385. The molecule has 1 nitrogen and oxygen atoms in total. The van der Waals surface area contributed by atoms with Crippen LogP contribution in [0.25, 0.3) is 6.08 Å². The van der Waals surface area contributed by atoms with Crippen molar-refractivity contribution >= 4 is 33.8 Å².